The van der Waals surface area contributed by atoms with Crippen molar-refractivity contribution in [2.45, 2.75) is 0 Å². The molecule has 0 aliphatic carbocycles. The second-order valence-electron chi connectivity index (χ2n) is 15.8. The molecule has 0 aliphatic heterocycles. The van der Waals surface area contributed by atoms with E-state index in [-0.39, 0.29) is 0 Å². The van der Waals surface area contributed by atoms with E-state index < -0.39 is 0 Å². The number of hydrogen-bond acceptors (Lipinski definition) is 2. The van der Waals surface area contributed by atoms with Crippen LogP contribution >= 0.6 is 11.3 Å². The lowest BCUT2D eigenvalue weighted by molar-refractivity contribution is 1.17. The SMILES string of the molecule is c1cc(-c2ccc(N(c3ccc(-c4ccc5sc6ccccc6c5c4)cc3)c3cccc(-n4c5ccccc5c5ccccc54)c3)cc2)cc(-c2ccc3ccccc3c2)c1. The van der Waals surface area contributed by atoms with E-state index in [9.17, 15) is 0 Å². The zero-order valence-electron chi connectivity index (χ0n) is 33.2. The average molecular weight is 795 g/mol. The van der Waals surface area contributed by atoms with Gasteiger partial charge in [-0.25, -0.2) is 0 Å². The van der Waals surface area contributed by atoms with Crippen LogP contribution in [0.15, 0.2) is 231 Å². The summed E-state index contributed by atoms with van der Waals surface area (Å²) in [6, 6.07) is 84.2. The van der Waals surface area contributed by atoms with E-state index in [0.29, 0.717) is 0 Å². The van der Waals surface area contributed by atoms with Crippen LogP contribution < -0.4 is 4.90 Å². The van der Waals surface area contributed by atoms with Crippen molar-refractivity contribution in [3.63, 3.8) is 0 Å². The van der Waals surface area contributed by atoms with E-state index in [4.69, 9.17) is 0 Å². The molecular weight excluding hydrogens is 757 g/mol. The summed E-state index contributed by atoms with van der Waals surface area (Å²) in [5.41, 5.74) is 14.0. The summed E-state index contributed by atoms with van der Waals surface area (Å²) < 4.78 is 5.04. The smallest absolute Gasteiger partial charge is 0.0541 e. The maximum atomic E-state index is 2.39. The molecule has 3 heteroatoms. The highest BCUT2D eigenvalue weighted by Crippen LogP contribution is 2.41. The number of aromatic nitrogens is 1. The highest BCUT2D eigenvalue weighted by molar-refractivity contribution is 7.25. The van der Waals surface area contributed by atoms with Gasteiger partial charge in [-0.15, -0.1) is 11.3 Å². The Kier molecular flexibility index (Phi) is 8.39. The fourth-order valence-electron chi connectivity index (χ4n) is 9.18. The maximum Gasteiger partial charge on any atom is 0.0541 e. The van der Waals surface area contributed by atoms with Crippen LogP contribution in [0.3, 0.4) is 0 Å². The summed E-state index contributed by atoms with van der Waals surface area (Å²) in [7, 11) is 0. The van der Waals surface area contributed by atoms with Crippen LogP contribution in [-0.4, -0.2) is 4.57 Å². The van der Waals surface area contributed by atoms with Crippen molar-refractivity contribution in [2.75, 3.05) is 4.90 Å². The van der Waals surface area contributed by atoms with E-state index >= 15 is 0 Å². The molecule has 0 N–H and O–H groups in total. The number of thiophene rings is 1. The van der Waals surface area contributed by atoms with Crippen LogP contribution in [0.2, 0.25) is 0 Å². The first-order chi connectivity index (χ1) is 30.2. The van der Waals surface area contributed by atoms with Crippen molar-refractivity contribution < 1.29 is 0 Å². The largest absolute Gasteiger partial charge is 0.310 e. The Hall–Kier alpha value is -7.72. The van der Waals surface area contributed by atoms with Gasteiger partial charge in [-0.3, -0.25) is 0 Å². The number of benzene rings is 10. The monoisotopic (exact) mass is 794 g/mol. The van der Waals surface area contributed by atoms with Crippen molar-refractivity contribution in [2.24, 2.45) is 0 Å². The third-order valence-electron chi connectivity index (χ3n) is 12.2. The molecule has 0 amide bonds. The van der Waals surface area contributed by atoms with Crippen LogP contribution in [0.4, 0.5) is 17.1 Å². The molecule has 12 rings (SSSR count). The third kappa shape index (κ3) is 6.18. The number of hydrogen-bond donors (Lipinski definition) is 0. The predicted octanol–water partition coefficient (Wildman–Crippen LogP) is 16.8. The third-order valence-corrected chi connectivity index (χ3v) is 13.3. The first-order valence-electron chi connectivity index (χ1n) is 20.8. The Labute approximate surface area is 358 Å². The predicted molar refractivity (Wildman–Crippen MR) is 262 cm³/mol. The van der Waals surface area contributed by atoms with E-state index in [2.05, 4.69) is 240 Å². The average Bonchev–Trinajstić information content (AvgIpc) is 3.88. The van der Waals surface area contributed by atoms with E-state index in [1.165, 1.54) is 86.1 Å². The normalized spacial score (nSPS) is 11.6. The Balaban J connectivity index is 0.950. The minimum absolute atomic E-state index is 1.09. The molecular formula is C58H38N2S. The molecule has 0 unspecified atom stereocenters. The quantitative estimate of drug-likeness (QED) is 0.156. The summed E-state index contributed by atoms with van der Waals surface area (Å²) in [6.45, 7) is 0. The maximum absolute atomic E-state index is 2.39. The van der Waals surface area contributed by atoms with Crippen molar-refractivity contribution in [3.8, 4) is 39.1 Å². The molecule has 0 atom stereocenters. The second kappa shape index (κ2) is 14.5. The topological polar surface area (TPSA) is 8.17 Å². The Bertz CT molecular complexity index is 3540. The molecule has 12 aromatic rings. The van der Waals surface area contributed by atoms with Gasteiger partial charge in [0.15, 0.2) is 0 Å². The van der Waals surface area contributed by atoms with Gasteiger partial charge in [-0.2, -0.15) is 0 Å². The summed E-state index contributed by atoms with van der Waals surface area (Å²) >= 11 is 1.86. The highest BCUT2D eigenvalue weighted by Gasteiger charge is 2.17. The van der Waals surface area contributed by atoms with E-state index in [0.717, 1.165) is 22.7 Å². The Morgan fingerprint density at radius 1 is 0.295 bits per heavy atom. The van der Waals surface area contributed by atoms with Gasteiger partial charge in [-0.1, -0.05) is 146 Å². The molecule has 0 aliphatic rings. The van der Waals surface area contributed by atoms with Gasteiger partial charge in [0.25, 0.3) is 0 Å². The molecule has 286 valence electrons. The van der Waals surface area contributed by atoms with Crippen molar-refractivity contribution in [3.05, 3.63) is 231 Å². The zero-order chi connectivity index (χ0) is 40.3. The Morgan fingerprint density at radius 3 is 1.54 bits per heavy atom. The standard InChI is InChI=1S/C58H38N2S/c1-2-12-42-36-45(24-23-39(42)11-1)44-14-9-13-43(35-44)40-25-30-47(31-26-40)59(48-32-27-41(28-33-48)46-29-34-58-54(37-46)53-19-5-8-22-57(53)61-58)49-15-10-16-50(38-49)60-55-20-6-3-17-51(55)52-18-4-7-21-56(52)60/h1-38H. The van der Waals surface area contributed by atoms with Crippen molar-refractivity contribution in [1.29, 1.82) is 0 Å². The molecule has 0 fully saturated rings. The van der Waals surface area contributed by atoms with Gasteiger partial charge in [0.1, 0.15) is 0 Å². The first kappa shape index (κ1) is 35.2. The Morgan fingerprint density at radius 2 is 0.820 bits per heavy atom. The molecule has 0 bridgehead atoms. The molecule has 10 aromatic carbocycles. The first-order valence-corrected chi connectivity index (χ1v) is 21.6. The molecule has 61 heavy (non-hydrogen) atoms. The minimum Gasteiger partial charge on any atom is -0.310 e. The number of nitrogens with zero attached hydrogens (tertiary/aromatic N) is 2. The summed E-state index contributed by atoms with van der Waals surface area (Å²) in [4.78, 5) is 2.38. The van der Waals surface area contributed by atoms with Gasteiger partial charge in [0.2, 0.25) is 0 Å². The summed E-state index contributed by atoms with van der Waals surface area (Å²) in [6.07, 6.45) is 0. The molecule has 2 aromatic heterocycles. The van der Waals surface area contributed by atoms with Gasteiger partial charge in [-0.05, 0) is 129 Å². The fraction of sp³-hybridized carbons (Fsp3) is 0. The number of rotatable bonds is 7. The van der Waals surface area contributed by atoms with E-state index in [1.807, 2.05) is 11.3 Å². The van der Waals surface area contributed by atoms with Crippen LogP contribution in [0.1, 0.15) is 0 Å². The second-order valence-corrected chi connectivity index (χ2v) is 16.9. The summed E-state index contributed by atoms with van der Waals surface area (Å²) in [5, 5.41) is 7.65. The lowest BCUT2D eigenvalue weighted by atomic mass is 9.97. The van der Waals surface area contributed by atoms with Crippen LogP contribution in [-0.2, 0) is 0 Å². The number of para-hydroxylation sites is 2. The van der Waals surface area contributed by atoms with E-state index in [1.54, 1.807) is 0 Å². The van der Waals surface area contributed by atoms with Crippen molar-refractivity contribution in [1.82, 2.24) is 4.57 Å². The molecule has 0 radical (unpaired) electrons. The molecule has 0 saturated carbocycles. The molecule has 0 saturated heterocycles. The van der Waals surface area contributed by atoms with Crippen LogP contribution in [0.25, 0.3) is 91.8 Å². The van der Waals surface area contributed by atoms with Crippen molar-refractivity contribution >= 4 is 81.1 Å². The lowest BCUT2D eigenvalue weighted by Crippen LogP contribution is -2.10. The number of anilines is 3. The fourth-order valence-corrected chi connectivity index (χ4v) is 10.3. The molecule has 0 spiro atoms. The van der Waals surface area contributed by atoms with Crippen LogP contribution in [0, 0.1) is 0 Å². The highest BCUT2D eigenvalue weighted by atomic mass is 32.1. The van der Waals surface area contributed by atoms with Gasteiger partial charge in [0, 0.05) is 53.7 Å². The van der Waals surface area contributed by atoms with Gasteiger partial charge < -0.3 is 9.47 Å². The van der Waals surface area contributed by atoms with Gasteiger partial charge >= 0.3 is 0 Å². The summed E-state index contributed by atoms with van der Waals surface area (Å²) in [5.74, 6) is 0. The molecule has 2 nitrogen and oxygen atoms in total. The zero-order valence-corrected chi connectivity index (χ0v) is 34.1. The minimum atomic E-state index is 1.09. The van der Waals surface area contributed by atoms with Gasteiger partial charge in [0.05, 0.1) is 11.0 Å². The van der Waals surface area contributed by atoms with Crippen LogP contribution in [0.5, 0.6) is 0 Å². The number of fused-ring (bicyclic) bond motifs is 7. The molecule has 2 heterocycles. The lowest BCUT2D eigenvalue weighted by Gasteiger charge is -2.26.